The van der Waals surface area contributed by atoms with Crippen molar-refractivity contribution in [2.45, 2.75) is 45.4 Å². The molecule has 0 aromatic heterocycles. The third kappa shape index (κ3) is 8.49. The van der Waals surface area contributed by atoms with Crippen molar-refractivity contribution < 1.29 is 13.9 Å². The van der Waals surface area contributed by atoms with Crippen LogP contribution in [0.2, 0.25) is 6.04 Å². The van der Waals surface area contributed by atoms with Gasteiger partial charge in [0.05, 0.1) is 0 Å². The normalized spacial score (nSPS) is 11.6. The zero-order chi connectivity index (χ0) is 16.0. The lowest BCUT2D eigenvalue weighted by molar-refractivity contribution is -0.136. The lowest BCUT2D eigenvalue weighted by Gasteiger charge is -2.16. The summed E-state index contributed by atoms with van der Waals surface area (Å²) < 4.78 is 16.9. The highest BCUT2D eigenvalue weighted by atomic mass is 28.2. The molecule has 0 saturated heterocycles. The topological polar surface area (TPSA) is 27.7 Å². The van der Waals surface area contributed by atoms with Gasteiger partial charge < -0.3 is 13.9 Å². The van der Waals surface area contributed by atoms with E-state index in [1.807, 2.05) is 19.9 Å². The summed E-state index contributed by atoms with van der Waals surface area (Å²) in [5.74, 6) is 0. The molecule has 0 heterocycles. The second kappa shape index (κ2) is 12.6. The van der Waals surface area contributed by atoms with Gasteiger partial charge in [0.25, 0.3) is 0 Å². The summed E-state index contributed by atoms with van der Waals surface area (Å²) in [6.45, 7) is 10.1. The highest BCUT2D eigenvalue weighted by molar-refractivity contribution is 6.26. The third-order valence-corrected chi connectivity index (χ3v) is 4.65. The van der Waals surface area contributed by atoms with Crippen molar-refractivity contribution >= 4 is 15.8 Å². The minimum atomic E-state index is -0.454. The van der Waals surface area contributed by atoms with Crippen LogP contribution in [-0.2, 0) is 20.3 Å². The molecule has 0 amide bonds. The number of rotatable bonds is 13. The van der Waals surface area contributed by atoms with Crippen LogP contribution in [0, 0.1) is 0 Å². The molecule has 0 saturated carbocycles. The highest BCUT2D eigenvalue weighted by Gasteiger charge is 2.07. The van der Waals surface area contributed by atoms with Gasteiger partial charge in [0.1, 0.15) is 0 Å². The lowest BCUT2D eigenvalue weighted by atomic mass is 10.1. The number of benzene rings is 1. The minimum absolute atomic E-state index is 0.0484. The number of aryl methyl sites for hydroxylation is 1. The molecule has 0 unspecified atom stereocenters. The van der Waals surface area contributed by atoms with Gasteiger partial charge in [-0.2, -0.15) is 0 Å². The van der Waals surface area contributed by atoms with Crippen molar-refractivity contribution in [2.24, 2.45) is 0 Å². The molecular formula is C18H30O3Si. The number of ether oxygens (including phenoxy) is 2. The average Bonchev–Trinajstić information content (AvgIpc) is 2.54. The molecule has 1 aromatic carbocycles. The van der Waals surface area contributed by atoms with Crippen LogP contribution < -0.4 is 0 Å². The van der Waals surface area contributed by atoms with Crippen molar-refractivity contribution in [2.75, 3.05) is 19.8 Å². The third-order valence-electron chi connectivity index (χ3n) is 3.37. The molecule has 0 spiro atoms. The summed E-state index contributed by atoms with van der Waals surface area (Å²) in [5.41, 5.74) is 2.54. The van der Waals surface area contributed by atoms with Crippen LogP contribution in [0.3, 0.4) is 0 Å². The Morgan fingerprint density at radius 3 is 2.68 bits per heavy atom. The van der Waals surface area contributed by atoms with E-state index >= 15 is 0 Å². The van der Waals surface area contributed by atoms with Crippen molar-refractivity contribution in [3.05, 3.63) is 42.0 Å². The molecule has 0 aliphatic carbocycles. The van der Waals surface area contributed by atoms with E-state index in [-0.39, 0.29) is 6.29 Å². The van der Waals surface area contributed by atoms with Crippen LogP contribution in [0.15, 0.2) is 30.8 Å². The van der Waals surface area contributed by atoms with Gasteiger partial charge in [0, 0.05) is 19.8 Å². The van der Waals surface area contributed by atoms with Gasteiger partial charge in [-0.05, 0) is 50.3 Å². The zero-order valence-corrected chi connectivity index (χ0v) is 15.5. The standard InChI is InChI=1S/C18H30O3Si/c1-4-16-9-7-10-17(15-16)11-8-13-21-22-14-12-18(19-5-2)20-6-3/h4,7,9-10,15,18H,1,5-6,8,11-14,22H2,2-3H3. The Balaban J connectivity index is 2.06. The molecule has 0 fully saturated rings. The first-order chi connectivity index (χ1) is 10.8. The Morgan fingerprint density at radius 1 is 1.23 bits per heavy atom. The second-order valence-corrected chi connectivity index (χ2v) is 6.67. The molecule has 3 nitrogen and oxygen atoms in total. The Morgan fingerprint density at radius 2 is 2.00 bits per heavy atom. The maximum atomic E-state index is 5.83. The fourth-order valence-electron chi connectivity index (χ4n) is 2.29. The monoisotopic (exact) mass is 322 g/mol. The summed E-state index contributed by atoms with van der Waals surface area (Å²) in [7, 11) is -0.454. The molecular weight excluding hydrogens is 292 g/mol. The van der Waals surface area contributed by atoms with Gasteiger partial charge >= 0.3 is 0 Å². The van der Waals surface area contributed by atoms with Crippen LogP contribution >= 0.6 is 0 Å². The summed E-state index contributed by atoms with van der Waals surface area (Å²) in [6, 6.07) is 9.63. The van der Waals surface area contributed by atoms with Gasteiger partial charge in [0.15, 0.2) is 16.1 Å². The molecule has 0 aliphatic rings. The zero-order valence-electron chi connectivity index (χ0n) is 14.1. The Bertz CT molecular complexity index is 403. The van der Waals surface area contributed by atoms with Gasteiger partial charge in [0.2, 0.25) is 0 Å². The van der Waals surface area contributed by atoms with E-state index in [9.17, 15) is 0 Å². The summed E-state index contributed by atoms with van der Waals surface area (Å²) in [6.07, 6.45) is 4.94. The largest absolute Gasteiger partial charge is 0.424 e. The van der Waals surface area contributed by atoms with Crippen LogP contribution in [0.1, 0.15) is 37.8 Å². The van der Waals surface area contributed by atoms with Crippen molar-refractivity contribution in [3.8, 4) is 0 Å². The first-order valence-electron chi connectivity index (χ1n) is 8.32. The van der Waals surface area contributed by atoms with Crippen LogP contribution in [0.4, 0.5) is 0 Å². The molecule has 0 atom stereocenters. The summed E-state index contributed by atoms with van der Waals surface area (Å²) in [5, 5.41) is 0. The predicted octanol–water partition coefficient (Wildman–Crippen LogP) is 3.57. The summed E-state index contributed by atoms with van der Waals surface area (Å²) in [4.78, 5) is 0. The molecule has 0 radical (unpaired) electrons. The Hall–Kier alpha value is -0.943. The molecule has 0 bridgehead atoms. The van der Waals surface area contributed by atoms with E-state index in [1.54, 1.807) is 0 Å². The number of hydrogen-bond donors (Lipinski definition) is 0. The second-order valence-electron chi connectivity index (χ2n) is 5.15. The Kier molecular flexibility index (Phi) is 10.9. The lowest BCUT2D eigenvalue weighted by Crippen LogP contribution is -2.18. The first kappa shape index (κ1) is 19.1. The van der Waals surface area contributed by atoms with Crippen molar-refractivity contribution in [1.82, 2.24) is 0 Å². The SMILES string of the molecule is C=Cc1cccc(CCCO[SiH2]CCC(OCC)OCC)c1. The van der Waals surface area contributed by atoms with Gasteiger partial charge in [-0.15, -0.1) is 0 Å². The molecule has 0 N–H and O–H groups in total. The van der Waals surface area contributed by atoms with Gasteiger partial charge in [-0.25, -0.2) is 0 Å². The minimum Gasteiger partial charge on any atom is -0.424 e. The molecule has 1 aromatic rings. The fourth-order valence-corrected chi connectivity index (χ4v) is 3.41. The molecule has 1 rings (SSSR count). The Labute approximate surface area is 137 Å². The van der Waals surface area contributed by atoms with Gasteiger partial charge in [-0.3, -0.25) is 0 Å². The predicted molar refractivity (Wildman–Crippen MR) is 95.8 cm³/mol. The average molecular weight is 323 g/mol. The number of hydrogen-bond acceptors (Lipinski definition) is 3. The van der Waals surface area contributed by atoms with E-state index < -0.39 is 9.76 Å². The maximum Gasteiger partial charge on any atom is 0.161 e. The molecule has 124 valence electrons. The molecule has 0 aliphatic heterocycles. The smallest absolute Gasteiger partial charge is 0.161 e. The first-order valence-corrected chi connectivity index (χ1v) is 9.90. The van der Waals surface area contributed by atoms with E-state index in [4.69, 9.17) is 13.9 Å². The van der Waals surface area contributed by atoms with E-state index in [0.29, 0.717) is 13.2 Å². The van der Waals surface area contributed by atoms with E-state index in [2.05, 4.69) is 30.8 Å². The molecule has 22 heavy (non-hydrogen) atoms. The quantitative estimate of drug-likeness (QED) is 0.316. The van der Waals surface area contributed by atoms with Crippen LogP contribution in [0.25, 0.3) is 6.08 Å². The van der Waals surface area contributed by atoms with E-state index in [0.717, 1.165) is 31.9 Å². The van der Waals surface area contributed by atoms with Crippen LogP contribution in [-0.4, -0.2) is 35.9 Å². The van der Waals surface area contributed by atoms with Crippen LogP contribution in [0.5, 0.6) is 0 Å². The molecule has 4 heteroatoms. The van der Waals surface area contributed by atoms with Crippen molar-refractivity contribution in [3.63, 3.8) is 0 Å². The maximum absolute atomic E-state index is 5.83. The van der Waals surface area contributed by atoms with E-state index in [1.165, 1.54) is 11.1 Å². The fraction of sp³-hybridized carbons (Fsp3) is 0.556. The van der Waals surface area contributed by atoms with Crippen molar-refractivity contribution in [1.29, 1.82) is 0 Å². The van der Waals surface area contributed by atoms with Gasteiger partial charge in [-0.1, -0.05) is 36.9 Å². The summed E-state index contributed by atoms with van der Waals surface area (Å²) >= 11 is 0. The highest BCUT2D eigenvalue weighted by Crippen LogP contribution is 2.09.